The van der Waals surface area contributed by atoms with Gasteiger partial charge in [-0.3, -0.25) is 4.79 Å². The van der Waals surface area contributed by atoms with Gasteiger partial charge in [0, 0.05) is 18.5 Å². The van der Waals surface area contributed by atoms with Crippen molar-refractivity contribution in [2.24, 2.45) is 5.92 Å². The second-order valence-electron chi connectivity index (χ2n) is 6.51. The minimum absolute atomic E-state index is 0.0697. The van der Waals surface area contributed by atoms with Crippen molar-refractivity contribution in [3.8, 4) is 0 Å². The second-order valence-corrected chi connectivity index (χ2v) is 6.51. The zero-order valence-electron chi connectivity index (χ0n) is 13.1. The van der Waals surface area contributed by atoms with E-state index in [1.807, 2.05) is 7.05 Å². The van der Waals surface area contributed by atoms with Crippen LogP contribution in [0, 0.1) is 5.92 Å². The summed E-state index contributed by atoms with van der Waals surface area (Å²) in [6.07, 6.45) is 10.3. The summed E-state index contributed by atoms with van der Waals surface area (Å²) in [5.41, 5.74) is 0.0697. The molecule has 0 saturated heterocycles. The maximum Gasteiger partial charge on any atom is 0.221 e. The van der Waals surface area contributed by atoms with Gasteiger partial charge >= 0.3 is 0 Å². The molecule has 3 heteroatoms. The van der Waals surface area contributed by atoms with Crippen LogP contribution in [0.4, 0.5) is 0 Å². The van der Waals surface area contributed by atoms with Gasteiger partial charge in [-0.1, -0.05) is 46.0 Å². The lowest BCUT2D eigenvalue weighted by molar-refractivity contribution is -0.122. The van der Waals surface area contributed by atoms with Crippen LogP contribution in [-0.4, -0.2) is 25.0 Å². The molecule has 3 nitrogen and oxygen atoms in total. The predicted molar refractivity (Wildman–Crippen MR) is 81.2 cm³/mol. The normalized spacial score (nSPS) is 18.5. The molecule has 0 aliphatic heterocycles. The van der Waals surface area contributed by atoms with E-state index >= 15 is 0 Å². The molecular formula is C16H32N2O. The number of amides is 1. The van der Waals surface area contributed by atoms with Gasteiger partial charge in [0.15, 0.2) is 0 Å². The molecule has 1 aliphatic rings. The van der Waals surface area contributed by atoms with Crippen LogP contribution in [0.3, 0.4) is 0 Å². The Balaban J connectivity index is 2.18. The maximum atomic E-state index is 12.0. The fourth-order valence-corrected chi connectivity index (χ4v) is 3.02. The molecule has 1 fully saturated rings. The largest absolute Gasteiger partial charge is 0.356 e. The molecule has 0 aromatic rings. The van der Waals surface area contributed by atoms with Crippen molar-refractivity contribution >= 4 is 5.91 Å². The molecule has 0 aromatic heterocycles. The molecule has 112 valence electrons. The van der Waals surface area contributed by atoms with E-state index in [0.29, 0.717) is 6.42 Å². The summed E-state index contributed by atoms with van der Waals surface area (Å²) in [5.74, 6) is 0.992. The Morgan fingerprint density at radius 1 is 1.16 bits per heavy atom. The monoisotopic (exact) mass is 268 g/mol. The average molecular weight is 268 g/mol. The Hall–Kier alpha value is -0.570. The Bertz CT molecular complexity index is 257. The van der Waals surface area contributed by atoms with Crippen LogP contribution in [0.2, 0.25) is 0 Å². The second kappa shape index (κ2) is 8.57. The topological polar surface area (TPSA) is 41.1 Å². The highest BCUT2D eigenvalue weighted by molar-refractivity contribution is 5.77. The van der Waals surface area contributed by atoms with Crippen molar-refractivity contribution in [2.75, 3.05) is 13.6 Å². The van der Waals surface area contributed by atoms with Crippen LogP contribution < -0.4 is 10.6 Å². The highest BCUT2D eigenvalue weighted by Crippen LogP contribution is 2.30. The molecular weight excluding hydrogens is 236 g/mol. The number of carbonyl (C=O) groups is 1. The Kier molecular flexibility index (Phi) is 7.44. The Morgan fingerprint density at radius 3 is 2.42 bits per heavy atom. The first kappa shape index (κ1) is 16.5. The molecule has 1 aliphatic carbocycles. The third-order valence-electron chi connectivity index (χ3n) is 4.37. The molecule has 0 atom stereocenters. The first-order valence-electron chi connectivity index (χ1n) is 8.03. The summed E-state index contributed by atoms with van der Waals surface area (Å²) in [6.45, 7) is 5.34. The van der Waals surface area contributed by atoms with Gasteiger partial charge in [-0.05, 0) is 32.2 Å². The summed E-state index contributed by atoms with van der Waals surface area (Å²) in [7, 11) is 2.00. The molecule has 1 saturated carbocycles. The quantitative estimate of drug-likeness (QED) is 0.664. The molecule has 2 N–H and O–H groups in total. The summed E-state index contributed by atoms with van der Waals surface area (Å²) in [5, 5.41) is 6.49. The van der Waals surface area contributed by atoms with Crippen LogP contribution in [0.15, 0.2) is 0 Å². The van der Waals surface area contributed by atoms with Crippen LogP contribution in [0.5, 0.6) is 0 Å². The molecule has 0 spiro atoms. The highest BCUT2D eigenvalue weighted by atomic mass is 16.1. The summed E-state index contributed by atoms with van der Waals surface area (Å²) in [6, 6.07) is 0. The van der Waals surface area contributed by atoms with E-state index in [1.54, 1.807) is 0 Å². The summed E-state index contributed by atoms with van der Waals surface area (Å²) < 4.78 is 0. The number of unbranched alkanes of at least 4 members (excludes halogenated alkanes) is 1. The van der Waals surface area contributed by atoms with Gasteiger partial charge < -0.3 is 10.6 Å². The predicted octanol–water partition coefficient (Wildman–Crippen LogP) is 3.24. The molecule has 0 aromatic carbocycles. The molecule has 1 rings (SSSR count). The van der Waals surface area contributed by atoms with Crippen molar-refractivity contribution in [1.82, 2.24) is 10.6 Å². The van der Waals surface area contributed by atoms with E-state index in [2.05, 4.69) is 24.5 Å². The van der Waals surface area contributed by atoms with Gasteiger partial charge in [0.05, 0.1) is 0 Å². The SMILES string of the molecule is CNC1(CC(=O)NCCCCC(C)C)CCCCC1. The Morgan fingerprint density at radius 2 is 1.84 bits per heavy atom. The van der Waals surface area contributed by atoms with Crippen molar-refractivity contribution in [1.29, 1.82) is 0 Å². The van der Waals surface area contributed by atoms with E-state index in [9.17, 15) is 4.79 Å². The van der Waals surface area contributed by atoms with Gasteiger partial charge in [-0.2, -0.15) is 0 Å². The maximum absolute atomic E-state index is 12.0. The standard InChI is InChI=1S/C16H32N2O/c1-14(2)9-5-8-12-18-15(19)13-16(17-3)10-6-4-7-11-16/h14,17H,4-13H2,1-3H3,(H,18,19). The number of carbonyl (C=O) groups excluding carboxylic acids is 1. The first-order valence-corrected chi connectivity index (χ1v) is 8.03. The third kappa shape index (κ3) is 6.42. The van der Waals surface area contributed by atoms with Crippen LogP contribution in [0.25, 0.3) is 0 Å². The summed E-state index contributed by atoms with van der Waals surface area (Å²) >= 11 is 0. The number of nitrogens with one attached hydrogen (secondary N) is 2. The van der Waals surface area contributed by atoms with Crippen LogP contribution in [0.1, 0.15) is 71.6 Å². The van der Waals surface area contributed by atoms with E-state index in [-0.39, 0.29) is 11.4 Å². The van der Waals surface area contributed by atoms with Gasteiger partial charge in [-0.15, -0.1) is 0 Å². The van der Waals surface area contributed by atoms with Gasteiger partial charge in [0.25, 0.3) is 0 Å². The van der Waals surface area contributed by atoms with Crippen molar-refractivity contribution in [3.63, 3.8) is 0 Å². The van der Waals surface area contributed by atoms with Crippen molar-refractivity contribution in [2.45, 2.75) is 77.2 Å². The zero-order valence-corrected chi connectivity index (χ0v) is 13.1. The van der Waals surface area contributed by atoms with E-state index in [1.165, 1.54) is 32.1 Å². The molecule has 1 amide bonds. The van der Waals surface area contributed by atoms with E-state index < -0.39 is 0 Å². The lowest BCUT2D eigenvalue weighted by atomic mass is 9.79. The number of hydrogen-bond acceptors (Lipinski definition) is 2. The molecule has 0 unspecified atom stereocenters. The molecule has 0 bridgehead atoms. The van der Waals surface area contributed by atoms with Crippen LogP contribution >= 0.6 is 0 Å². The summed E-state index contributed by atoms with van der Waals surface area (Å²) in [4.78, 5) is 12.0. The van der Waals surface area contributed by atoms with Gasteiger partial charge in [0.1, 0.15) is 0 Å². The minimum Gasteiger partial charge on any atom is -0.356 e. The lowest BCUT2D eigenvalue weighted by Gasteiger charge is -2.36. The van der Waals surface area contributed by atoms with Crippen molar-refractivity contribution in [3.05, 3.63) is 0 Å². The van der Waals surface area contributed by atoms with E-state index in [4.69, 9.17) is 0 Å². The Labute approximate surface area is 118 Å². The smallest absolute Gasteiger partial charge is 0.221 e. The number of hydrogen-bond donors (Lipinski definition) is 2. The third-order valence-corrected chi connectivity index (χ3v) is 4.37. The lowest BCUT2D eigenvalue weighted by Crippen LogP contribution is -2.48. The molecule has 0 radical (unpaired) electrons. The number of rotatable bonds is 8. The zero-order chi connectivity index (χ0) is 14.1. The average Bonchev–Trinajstić information content (AvgIpc) is 2.39. The fourth-order valence-electron chi connectivity index (χ4n) is 3.02. The fraction of sp³-hybridized carbons (Fsp3) is 0.938. The molecule has 0 heterocycles. The van der Waals surface area contributed by atoms with Crippen LogP contribution in [-0.2, 0) is 4.79 Å². The minimum atomic E-state index is 0.0697. The van der Waals surface area contributed by atoms with Crippen molar-refractivity contribution < 1.29 is 4.79 Å². The first-order chi connectivity index (χ1) is 9.08. The molecule has 19 heavy (non-hydrogen) atoms. The van der Waals surface area contributed by atoms with E-state index in [0.717, 1.165) is 31.7 Å². The van der Waals surface area contributed by atoms with Gasteiger partial charge in [0.2, 0.25) is 5.91 Å². The highest BCUT2D eigenvalue weighted by Gasteiger charge is 2.32. The van der Waals surface area contributed by atoms with Gasteiger partial charge in [-0.25, -0.2) is 0 Å².